The van der Waals surface area contributed by atoms with E-state index in [1.54, 1.807) is 4.68 Å². The van der Waals surface area contributed by atoms with Crippen molar-refractivity contribution in [2.75, 3.05) is 5.32 Å². The number of nitrogens with one attached hydrogen (secondary N) is 1. The highest BCUT2D eigenvalue weighted by Gasteiger charge is 2.36. The van der Waals surface area contributed by atoms with Gasteiger partial charge in [-0.2, -0.15) is 10.4 Å². The van der Waals surface area contributed by atoms with Crippen LogP contribution in [0.3, 0.4) is 0 Å². The van der Waals surface area contributed by atoms with Crippen molar-refractivity contribution in [3.8, 4) is 6.07 Å². The molecular formula is C19H23N5O. The van der Waals surface area contributed by atoms with Gasteiger partial charge >= 0.3 is 0 Å². The Labute approximate surface area is 147 Å². The molecule has 1 saturated carbocycles. The molecule has 2 aliphatic rings. The zero-order chi connectivity index (χ0) is 17.4. The lowest BCUT2D eigenvalue weighted by Gasteiger charge is -2.38. The van der Waals surface area contributed by atoms with Gasteiger partial charge in [-0.15, -0.1) is 0 Å². The number of hydrogen-bond acceptors (Lipinski definition) is 5. The molecule has 2 N–H and O–H groups in total. The van der Waals surface area contributed by atoms with Gasteiger partial charge < -0.3 is 10.4 Å². The number of hydrogen-bond donors (Lipinski definition) is 2. The van der Waals surface area contributed by atoms with Gasteiger partial charge in [0.25, 0.3) is 0 Å². The van der Waals surface area contributed by atoms with Crippen molar-refractivity contribution in [2.24, 2.45) is 13.0 Å². The quantitative estimate of drug-likeness (QED) is 0.895. The summed E-state index contributed by atoms with van der Waals surface area (Å²) in [4.78, 5) is 4.79. The summed E-state index contributed by atoms with van der Waals surface area (Å²) in [6.45, 7) is 0. The van der Waals surface area contributed by atoms with Crippen molar-refractivity contribution in [1.82, 2.24) is 14.8 Å². The highest BCUT2D eigenvalue weighted by atomic mass is 16.3. The van der Waals surface area contributed by atoms with Gasteiger partial charge in [0.15, 0.2) is 0 Å². The number of aryl methyl sites for hydroxylation is 3. The third-order valence-electron chi connectivity index (χ3n) is 5.42. The van der Waals surface area contributed by atoms with E-state index < -0.39 is 0 Å². The van der Waals surface area contributed by atoms with E-state index in [2.05, 4.69) is 16.5 Å². The molecule has 25 heavy (non-hydrogen) atoms. The molecule has 0 radical (unpaired) electrons. The Balaban J connectivity index is 1.66. The molecule has 1 atom stereocenters. The number of aliphatic hydroxyl groups excluding tert-OH is 1. The van der Waals surface area contributed by atoms with Gasteiger partial charge in [-0.05, 0) is 56.1 Å². The van der Waals surface area contributed by atoms with Crippen LogP contribution in [-0.4, -0.2) is 26.0 Å². The van der Waals surface area contributed by atoms with Crippen molar-refractivity contribution >= 4 is 5.82 Å². The number of pyridine rings is 1. The van der Waals surface area contributed by atoms with Gasteiger partial charge in [-0.1, -0.05) is 0 Å². The van der Waals surface area contributed by atoms with Crippen LogP contribution < -0.4 is 5.32 Å². The Bertz CT molecular complexity index is 816. The lowest BCUT2D eigenvalue weighted by molar-refractivity contribution is 0.0339. The molecule has 2 aliphatic carbocycles. The second kappa shape index (κ2) is 6.49. The topological polar surface area (TPSA) is 86.8 Å². The smallest absolute Gasteiger partial charge is 0.144 e. The van der Waals surface area contributed by atoms with Crippen molar-refractivity contribution in [1.29, 1.82) is 5.26 Å². The Morgan fingerprint density at radius 3 is 2.84 bits per heavy atom. The summed E-state index contributed by atoms with van der Waals surface area (Å²) in [5.74, 6) is 0.988. The molecule has 2 aromatic rings. The van der Waals surface area contributed by atoms with Crippen molar-refractivity contribution in [2.45, 2.75) is 50.7 Å². The largest absolute Gasteiger partial charge is 0.393 e. The summed E-state index contributed by atoms with van der Waals surface area (Å²) in [5.41, 5.74) is 4.01. The van der Waals surface area contributed by atoms with Crippen LogP contribution in [0.2, 0.25) is 0 Å². The van der Waals surface area contributed by atoms with Crippen molar-refractivity contribution in [3.63, 3.8) is 0 Å². The average molecular weight is 337 g/mol. The maximum Gasteiger partial charge on any atom is 0.144 e. The average Bonchev–Trinajstić information content (AvgIpc) is 3.02. The third kappa shape index (κ3) is 3.12. The second-order valence-electron chi connectivity index (χ2n) is 7.26. The van der Waals surface area contributed by atoms with E-state index in [0.29, 0.717) is 17.3 Å². The predicted molar refractivity (Wildman–Crippen MR) is 93.9 cm³/mol. The molecule has 0 saturated heterocycles. The van der Waals surface area contributed by atoms with Crippen molar-refractivity contribution < 1.29 is 5.11 Å². The standard InChI is InChI=1S/C19H23N5O/c1-24-11-15(10-21-24)18(13-7-16(25)8-13)23-19-14(9-20)6-12-4-2-3-5-17(12)22-19/h6,10-11,13,16,18,25H,2-5,7-8H2,1H3,(H,22,23)/t13?,16?,18-/m1/s1. The fraction of sp³-hybridized carbons (Fsp3) is 0.526. The number of nitriles is 1. The Morgan fingerprint density at radius 2 is 2.16 bits per heavy atom. The van der Waals surface area contributed by atoms with Crippen LogP contribution in [0.15, 0.2) is 18.5 Å². The Hall–Kier alpha value is -2.39. The van der Waals surface area contributed by atoms with E-state index >= 15 is 0 Å². The molecule has 1 fully saturated rings. The van der Waals surface area contributed by atoms with Gasteiger partial charge in [0.05, 0.1) is 23.9 Å². The zero-order valence-corrected chi connectivity index (χ0v) is 14.4. The van der Waals surface area contributed by atoms with E-state index in [0.717, 1.165) is 43.4 Å². The van der Waals surface area contributed by atoms with Crippen molar-refractivity contribution in [3.05, 3.63) is 40.8 Å². The van der Waals surface area contributed by atoms with E-state index in [4.69, 9.17) is 4.98 Å². The molecule has 2 aromatic heterocycles. The molecule has 4 rings (SSSR count). The highest BCUT2D eigenvalue weighted by molar-refractivity contribution is 5.56. The van der Waals surface area contributed by atoms with Gasteiger partial charge in [0, 0.05) is 24.5 Å². The third-order valence-corrected chi connectivity index (χ3v) is 5.42. The van der Waals surface area contributed by atoms with Gasteiger partial charge in [0.2, 0.25) is 0 Å². The Kier molecular flexibility index (Phi) is 4.18. The number of fused-ring (bicyclic) bond motifs is 1. The number of aliphatic hydroxyl groups is 1. The maximum absolute atomic E-state index is 9.73. The lowest BCUT2D eigenvalue weighted by Crippen LogP contribution is -2.36. The van der Waals surface area contributed by atoms with Crippen LogP contribution in [0.4, 0.5) is 5.82 Å². The summed E-state index contributed by atoms with van der Waals surface area (Å²) in [6.07, 6.45) is 9.47. The Morgan fingerprint density at radius 1 is 1.36 bits per heavy atom. The summed E-state index contributed by atoms with van der Waals surface area (Å²) >= 11 is 0. The first-order chi connectivity index (χ1) is 12.1. The van der Waals surface area contributed by atoms with E-state index in [1.807, 2.05) is 25.5 Å². The summed E-state index contributed by atoms with van der Waals surface area (Å²) in [6, 6.07) is 4.31. The fourth-order valence-corrected chi connectivity index (χ4v) is 3.95. The minimum atomic E-state index is -0.224. The van der Waals surface area contributed by atoms with Gasteiger partial charge in [-0.3, -0.25) is 4.68 Å². The monoisotopic (exact) mass is 337 g/mol. The summed E-state index contributed by atoms with van der Waals surface area (Å²) in [7, 11) is 1.90. The SMILES string of the molecule is Cn1cc([C@H](Nc2nc3c(cc2C#N)CCCC3)C2CC(O)C2)cn1. The first-order valence-corrected chi connectivity index (χ1v) is 9.00. The molecule has 0 amide bonds. The van der Waals surface area contributed by atoms with Crippen LogP contribution in [0.1, 0.15) is 54.1 Å². The van der Waals surface area contributed by atoms with Crippen LogP contribution in [0.25, 0.3) is 0 Å². The molecule has 0 bridgehead atoms. The van der Waals surface area contributed by atoms with Gasteiger partial charge in [0.1, 0.15) is 11.9 Å². The number of aromatic nitrogens is 3. The fourth-order valence-electron chi connectivity index (χ4n) is 3.95. The lowest BCUT2D eigenvalue weighted by atomic mass is 9.75. The summed E-state index contributed by atoms with van der Waals surface area (Å²) < 4.78 is 1.78. The minimum absolute atomic E-state index is 0.0124. The molecule has 0 aliphatic heterocycles. The second-order valence-corrected chi connectivity index (χ2v) is 7.26. The van der Waals surface area contributed by atoms with E-state index in [1.165, 1.54) is 12.0 Å². The van der Waals surface area contributed by atoms with Crippen LogP contribution >= 0.6 is 0 Å². The number of nitrogens with zero attached hydrogens (tertiary/aromatic N) is 4. The van der Waals surface area contributed by atoms with Crippen LogP contribution in [0, 0.1) is 17.2 Å². The number of rotatable bonds is 4. The first kappa shape index (κ1) is 16.1. The minimum Gasteiger partial charge on any atom is -0.393 e. The first-order valence-electron chi connectivity index (χ1n) is 9.00. The zero-order valence-electron chi connectivity index (χ0n) is 14.4. The van der Waals surface area contributed by atoms with Crippen LogP contribution in [-0.2, 0) is 19.9 Å². The van der Waals surface area contributed by atoms with E-state index in [-0.39, 0.29) is 12.1 Å². The van der Waals surface area contributed by atoms with Crippen LogP contribution in [0.5, 0.6) is 0 Å². The molecule has 0 aromatic carbocycles. The molecule has 0 spiro atoms. The number of anilines is 1. The molecule has 0 unspecified atom stereocenters. The summed E-state index contributed by atoms with van der Waals surface area (Å²) in [5, 5.41) is 27.1. The predicted octanol–water partition coefficient (Wildman–Crippen LogP) is 2.49. The highest BCUT2D eigenvalue weighted by Crippen LogP contribution is 2.40. The maximum atomic E-state index is 9.73. The molecule has 6 heteroatoms. The molecule has 6 nitrogen and oxygen atoms in total. The molecule has 130 valence electrons. The van der Waals surface area contributed by atoms with E-state index in [9.17, 15) is 10.4 Å². The molecule has 2 heterocycles. The normalized spacial score (nSPS) is 23.2. The molecular weight excluding hydrogens is 314 g/mol. The van der Waals surface area contributed by atoms with Gasteiger partial charge in [-0.25, -0.2) is 4.98 Å².